The Hall–Kier alpha value is -1.88. The van der Waals surface area contributed by atoms with E-state index in [0.29, 0.717) is 23.2 Å². The molecule has 134 valence electrons. The summed E-state index contributed by atoms with van der Waals surface area (Å²) < 4.78 is 15.5. The monoisotopic (exact) mass is 363 g/mol. The molecule has 1 aliphatic rings. The summed E-state index contributed by atoms with van der Waals surface area (Å²) in [5.41, 5.74) is 2.67. The first-order chi connectivity index (χ1) is 11.8. The summed E-state index contributed by atoms with van der Waals surface area (Å²) in [5.74, 6) is -0.552. The molecule has 6 heteroatoms. The molecule has 3 rings (SSSR count). The van der Waals surface area contributed by atoms with Crippen LogP contribution in [0.25, 0.3) is 0 Å². The number of aryl methyl sites for hydroxylation is 2. The molecule has 1 fully saturated rings. The van der Waals surface area contributed by atoms with Gasteiger partial charge in [-0.1, -0.05) is 31.5 Å². The van der Waals surface area contributed by atoms with E-state index in [-0.39, 0.29) is 17.5 Å². The first kappa shape index (κ1) is 17.9. The Morgan fingerprint density at radius 1 is 1.44 bits per heavy atom. The van der Waals surface area contributed by atoms with Crippen LogP contribution in [-0.2, 0) is 13.6 Å². The van der Waals surface area contributed by atoms with Crippen LogP contribution >= 0.6 is 11.6 Å². The second-order valence-corrected chi connectivity index (χ2v) is 7.47. The van der Waals surface area contributed by atoms with Gasteiger partial charge in [-0.05, 0) is 48.9 Å². The van der Waals surface area contributed by atoms with Crippen LogP contribution in [0.15, 0.2) is 18.2 Å². The van der Waals surface area contributed by atoms with E-state index >= 15 is 0 Å². The van der Waals surface area contributed by atoms with Gasteiger partial charge in [0.2, 0.25) is 5.95 Å². The first-order valence-corrected chi connectivity index (χ1v) is 8.95. The van der Waals surface area contributed by atoms with Gasteiger partial charge in [0.1, 0.15) is 5.56 Å². The second-order valence-electron chi connectivity index (χ2n) is 7.04. The Kier molecular flexibility index (Phi) is 4.87. The van der Waals surface area contributed by atoms with Gasteiger partial charge in [-0.2, -0.15) is 9.49 Å². The van der Waals surface area contributed by atoms with E-state index in [9.17, 15) is 9.18 Å². The van der Waals surface area contributed by atoms with Gasteiger partial charge >= 0.3 is 0 Å². The molecule has 0 saturated heterocycles. The number of hydrogen-bond acceptors (Lipinski definition) is 2. The number of halogens is 2. The molecule has 0 aliphatic heterocycles. The third-order valence-electron chi connectivity index (χ3n) is 4.68. The van der Waals surface area contributed by atoms with Crippen molar-refractivity contribution < 1.29 is 9.18 Å². The number of hydrogen-bond donors (Lipinski definition) is 0. The predicted molar refractivity (Wildman–Crippen MR) is 96.3 cm³/mol. The van der Waals surface area contributed by atoms with Crippen LogP contribution in [0.4, 0.5) is 4.39 Å². The minimum absolute atomic E-state index is 0.0718. The molecule has 25 heavy (non-hydrogen) atoms. The van der Waals surface area contributed by atoms with Crippen molar-refractivity contribution >= 4 is 17.5 Å². The van der Waals surface area contributed by atoms with Crippen LogP contribution in [0.1, 0.15) is 59.8 Å². The van der Waals surface area contributed by atoms with E-state index in [4.69, 9.17) is 11.6 Å². The van der Waals surface area contributed by atoms with Gasteiger partial charge in [0, 0.05) is 24.7 Å². The Bertz CT molecular complexity index is 811. The maximum atomic E-state index is 14.4. The molecule has 0 atom stereocenters. The Morgan fingerprint density at radius 3 is 2.64 bits per heavy atom. The Morgan fingerprint density at radius 2 is 2.12 bits per heavy atom. The average molecular weight is 364 g/mol. The van der Waals surface area contributed by atoms with Crippen LogP contribution in [0.5, 0.6) is 0 Å². The van der Waals surface area contributed by atoms with Gasteiger partial charge in [-0.3, -0.25) is 4.79 Å². The lowest BCUT2D eigenvalue weighted by Gasteiger charge is -2.25. The van der Waals surface area contributed by atoms with Crippen LogP contribution in [0, 0.1) is 12.9 Å². The van der Waals surface area contributed by atoms with Gasteiger partial charge in [0.25, 0.3) is 5.91 Å². The number of amides is 1. The molecule has 1 aromatic heterocycles. The summed E-state index contributed by atoms with van der Waals surface area (Å²) in [4.78, 5) is 14.8. The van der Waals surface area contributed by atoms with Crippen molar-refractivity contribution in [2.75, 3.05) is 0 Å². The van der Waals surface area contributed by atoms with E-state index in [1.165, 1.54) is 7.05 Å². The van der Waals surface area contributed by atoms with E-state index in [2.05, 4.69) is 18.9 Å². The minimum Gasteiger partial charge on any atom is -0.331 e. The number of nitrogens with zero attached hydrogens (tertiary/aromatic N) is 3. The average Bonchev–Trinajstić information content (AvgIpc) is 3.33. The fourth-order valence-corrected chi connectivity index (χ4v) is 3.42. The lowest BCUT2D eigenvalue weighted by Crippen LogP contribution is -2.34. The molecule has 1 aromatic carbocycles. The van der Waals surface area contributed by atoms with E-state index in [1.807, 2.05) is 18.2 Å². The molecule has 1 heterocycles. The highest BCUT2D eigenvalue weighted by Crippen LogP contribution is 2.33. The van der Waals surface area contributed by atoms with Gasteiger partial charge in [-0.15, -0.1) is 0 Å². The fraction of sp³-hybridized carbons (Fsp3) is 0.474. The van der Waals surface area contributed by atoms with Crippen molar-refractivity contribution in [3.05, 3.63) is 51.6 Å². The predicted octanol–water partition coefficient (Wildman–Crippen LogP) is 4.45. The van der Waals surface area contributed by atoms with Gasteiger partial charge in [0.05, 0.1) is 5.69 Å². The normalized spacial score (nSPS) is 14.2. The first-order valence-electron chi connectivity index (χ1n) is 8.58. The lowest BCUT2D eigenvalue weighted by atomic mass is 9.96. The van der Waals surface area contributed by atoms with Crippen LogP contribution in [0.2, 0.25) is 5.02 Å². The Balaban J connectivity index is 1.96. The van der Waals surface area contributed by atoms with Crippen LogP contribution in [0.3, 0.4) is 0 Å². The summed E-state index contributed by atoms with van der Waals surface area (Å²) >= 11 is 6.17. The van der Waals surface area contributed by atoms with E-state index in [1.54, 1.807) is 11.8 Å². The molecular weight excluding hydrogens is 341 g/mol. The van der Waals surface area contributed by atoms with E-state index < -0.39 is 5.95 Å². The van der Waals surface area contributed by atoms with Crippen molar-refractivity contribution in [3.8, 4) is 0 Å². The van der Waals surface area contributed by atoms with Gasteiger partial charge < -0.3 is 4.90 Å². The topological polar surface area (TPSA) is 38.1 Å². The number of benzene rings is 1. The summed E-state index contributed by atoms with van der Waals surface area (Å²) in [6, 6.07) is 5.94. The highest BCUT2D eigenvalue weighted by molar-refractivity contribution is 6.30. The second kappa shape index (κ2) is 6.79. The highest BCUT2D eigenvalue weighted by atomic mass is 35.5. The molecule has 2 aromatic rings. The maximum absolute atomic E-state index is 14.4. The highest BCUT2D eigenvalue weighted by Gasteiger charge is 2.36. The quantitative estimate of drug-likeness (QED) is 0.787. The lowest BCUT2D eigenvalue weighted by molar-refractivity contribution is 0.0723. The van der Waals surface area contributed by atoms with Crippen molar-refractivity contribution in [1.82, 2.24) is 14.7 Å². The third kappa shape index (κ3) is 3.56. The van der Waals surface area contributed by atoms with Crippen LogP contribution in [-0.4, -0.2) is 26.6 Å². The fourth-order valence-electron chi connectivity index (χ4n) is 3.23. The van der Waals surface area contributed by atoms with Gasteiger partial charge in [0.15, 0.2) is 0 Å². The zero-order valence-electron chi connectivity index (χ0n) is 15.0. The third-order valence-corrected chi connectivity index (χ3v) is 4.92. The SMILES string of the molecule is Cc1nn(C)c(F)c1C(=O)N(Cc1cc(Cl)ccc1C(C)C)C1CC1. The molecule has 4 nitrogen and oxygen atoms in total. The maximum Gasteiger partial charge on any atom is 0.260 e. The number of rotatable bonds is 5. The molecule has 0 N–H and O–H groups in total. The zero-order valence-corrected chi connectivity index (χ0v) is 15.8. The van der Waals surface area contributed by atoms with Crippen LogP contribution < -0.4 is 0 Å². The summed E-state index contributed by atoms with van der Waals surface area (Å²) in [7, 11) is 1.51. The smallest absolute Gasteiger partial charge is 0.260 e. The molecular formula is C19H23ClFN3O. The number of carbonyl (C=O) groups is 1. The Labute approximate surface area is 152 Å². The van der Waals surface area contributed by atoms with Crippen molar-refractivity contribution in [2.24, 2.45) is 7.05 Å². The van der Waals surface area contributed by atoms with Crippen molar-refractivity contribution in [3.63, 3.8) is 0 Å². The van der Waals surface area contributed by atoms with Crippen molar-refractivity contribution in [2.45, 2.75) is 52.1 Å². The summed E-state index contributed by atoms with van der Waals surface area (Å²) in [6.45, 7) is 6.33. The standard InChI is InChI=1S/C19H23ClFN3O/c1-11(2)16-8-5-14(20)9-13(16)10-24(15-6-7-15)19(25)17-12(3)22-23(4)18(17)21/h5,8-9,11,15H,6-7,10H2,1-4H3. The molecule has 0 radical (unpaired) electrons. The molecule has 1 aliphatic carbocycles. The molecule has 0 spiro atoms. The molecule has 1 saturated carbocycles. The number of aromatic nitrogens is 2. The van der Waals surface area contributed by atoms with Crippen molar-refractivity contribution in [1.29, 1.82) is 0 Å². The molecule has 1 amide bonds. The minimum atomic E-state index is -0.580. The summed E-state index contributed by atoms with van der Waals surface area (Å²) in [6.07, 6.45) is 1.90. The molecule has 0 bridgehead atoms. The largest absolute Gasteiger partial charge is 0.331 e. The zero-order chi connectivity index (χ0) is 18.3. The molecule has 0 unspecified atom stereocenters. The summed E-state index contributed by atoms with van der Waals surface area (Å²) in [5, 5.41) is 4.68. The van der Waals surface area contributed by atoms with E-state index in [0.717, 1.165) is 28.7 Å². The van der Waals surface area contributed by atoms with Gasteiger partial charge in [-0.25, -0.2) is 4.68 Å². The number of carbonyl (C=O) groups excluding carboxylic acids is 1.